The van der Waals surface area contributed by atoms with E-state index in [-0.39, 0.29) is 0 Å². The minimum Gasteiger partial charge on any atom is -0.278 e. The first-order chi connectivity index (χ1) is 11.4. The maximum absolute atomic E-state index is 12.7. The second-order valence-electron chi connectivity index (χ2n) is 5.45. The lowest BCUT2D eigenvalue weighted by molar-refractivity contribution is -0.137. The highest BCUT2D eigenvalue weighted by molar-refractivity contribution is 6.02. The summed E-state index contributed by atoms with van der Waals surface area (Å²) in [4.78, 5) is 0. The van der Waals surface area contributed by atoms with Crippen LogP contribution >= 0.6 is 0 Å². The van der Waals surface area contributed by atoms with Crippen molar-refractivity contribution in [3.05, 3.63) is 77.9 Å². The van der Waals surface area contributed by atoms with Gasteiger partial charge in [0.15, 0.2) is 0 Å². The summed E-state index contributed by atoms with van der Waals surface area (Å²) < 4.78 is 38.1. The van der Waals surface area contributed by atoms with Gasteiger partial charge in [-0.15, -0.1) is 0 Å². The van der Waals surface area contributed by atoms with E-state index in [1.807, 2.05) is 49.4 Å². The average molecular weight is 328 g/mol. The molecule has 0 unspecified atom stereocenters. The zero-order valence-corrected chi connectivity index (χ0v) is 12.9. The van der Waals surface area contributed by atoms with E-state index in [0.29, 0.717) is 11.4 Å². The van der Waals surface area contributed by atoms with Crippen molar-refractivity contribution in [2.45, 2.75) is 13.1 Å². The fourth-order valence-corrected chi connectivity index (χ4v) is 2.39. The normalized spacial score (nSPS) is 12.4. The number of alkyl halides is 3. The molecule has 0 radical (unpaired) electrons. The molecule has 0 aliphatic heterocycles. The molecule has 122 valence electrons. The van der Waals surface area contributed by atoms with Gasteiger partial charge < -0.3 is 0 Å². The summed E-state index contributed by atoms with van der Waals surface area (Å²) in [5.74, 6) is 0. The SMILES string of the molecule is C/C(=N\Nc1cccc(C(F)(F)F)c1)c1ccc2ccccc2c1. The van der Waals surface area contributed by atoms with Crippen molar-refractivity contribution in [3.8, 4) is 0 Å². The monoisotopic (exact) mass is 328 g/mol. The molecular weight excluding hydrogens is 313 g/mol. The highest BCUT2D eigenvalue weighted by Gasteiger charge is 2.30. The number of anilines is 1. The van der Waals surface area contributed by atoms with E-state index in [1.165, 1.54) is 6.07 Å². The molecule has 3 rings (SSSR count). The summed E-state index contributed by atoms with van der Waals surface area (Å²) in [6.45, 7) is 1.81. The largest absolute Gasteiger partial charge is 0.416 e. The Hall–Kier alpha value is -2.82. The molecule has 0 spiro atoms. The van der Waals surface area contributed by atoms with Gasteiger partial charge in [-0.05, 0) is 47.5 Å². The molecule has 1 N–H and O–H groups in total. The second-order valence-corrected chi connectivity index (χ2v) is 5.45. The second kappa shape index (κ2) is 6.35. The molecule has 5 heteroatoms. The summed E-state index contributed by atoms with van der Waals surface area (Å²) >= 11 is 0. The number of rotatable bonds is 3. The maximum atomic E-state index is 12.7. The molecule has 0 saturated carbocycles. The Kier molecular flexibility index (Phi) is 4.25. The average Bonchev–Trinajstić information content (AvgIpc) is 2.59. The minimum absolute atomic E-state index is 0.296. The third-order valence-electron chi connectivity index (χ3n) is 3.71. The lowest BCUT2D eigenvalue weighted by atomic mass is 10.0. The molecule has 0 amide bonds. The van der Waals surface area contributed by atoms with Crippen LogP contribution in [0.4, 0.5) is 18.9 Å². The van der Waals surface area contributed by atoms with E-state index in [0.717, 1.165) is 28.5 Å². The van der Waals surface area contributed by atoms with Crippen LogP contribution in [0.15, 0.2) is 71.8 Å². The van der Waals surface area contributed by atoms with Gasteiger partial charge in [-0.1, -0.05) is 42.5 Å². The van der Waals surface area contributed by atoms with Crippen molar-refractivity contribution in [2.75, 3.05) is 5.43 Å². The molecule has 0 aromatic heterocycles. The van der Waals surface area contributed by atoms with E-state index >= 15 is 0 Å². The molecular formula is C19H15F3N2. The Morgan fingerprint density at radius 2 is 1.62 bits per heavy atom. The number of nitrogens with zero attached hydrogens (tertiary/aromatic N) is 1. The van der Waals surface area contributed by atoms with Crippen molar-refractivity contribution in [2.24, 2.45) is 5.10 Å². The summed E-state index contributed by atoms with van der Waals surface area (Å²) in [5, 5.41) is 6.41. The van der Waals surface area contributed by atoms with E-state index in [9.17, 15) is 13.2 Å². The first kappa shape index (κ1) is 16.1. The third kappa shape index (κ3) is 3.56. The van der Waals surface area contributed by atoms with Gasteiger partial charge in [-0.2, -0.15) is 18.3 Å². The Morgan fingerprint density at radius 3 is 2.38 bits per heavy atom. The van der Waals surface area contributed by atoms with E-state index in [4.69, 9.17) is 0 Å². The third-order valence-corrected chi connectivity index (χ3v) is 3.71. The quantitative estimate of drug-likeness (QED) is 0.484. The summed E-state index contributed by atoms with van der Waals surface area (Å²) in [5.41, 5.74) is 3.89. The molecule has 0 bridgehead atoms. The van der Waals surface area contributed by atoms with Gasteiger partial charge in [0.2, 0.25) is 0 Å². The Morgan fingerprint density at radius 1 is 0.875 bits per heavy atom. The van der Waals surface area contributed by atoms with Gasteiger partial charge in [0, 0.05) is 0 Å². The van der Waals surface area contributed by atoms with E-state index in [1.54, 1.807) is 6.07 Å². The molecule has 3 aromatic rings. The van der Waals surface area contributed by atoms with Gasteiger partial charge >= 0.3 is 6.18 Å². The first-order valence-electron chi connectivity index (χ1n) is 7.40. The maximum Gasteiger partial charge on any atom is 0.416 e. The van der Waals surface area contributed by atoms with Crippen LogP contribution < -0.4 is 5.43 Å². The first-order valence-corrected chi connectivity index (χ1v) is 7.40. The number of halogens is 3. The highest BCUT2D eigenvalue weighted by atomic mass is 19.4. The Labute approximate surface area is 137 Å². The molecule has 0 fully saturated rings. The van der Waals surface area contributed by atoms with E-state index < -0.39 is 11.7 Å². The summed E-state index contributed by atoms with van der Waals surface area (Å²) in [7, 11) is 0. The van der Waals surface area contributed by atoms with E-state index in [2.05, 4.69) is 10.5 Å². The van der Waals surface area contributed by atoms with Crippen LogP contribution in [0, 0.1) is 0 Å². The summed E-state index contributed by atoms with van der Waals surface area (Å²) in [6.07, 6.45) is -4.37. The number of benzene rings is 3. The molecule has 0 saturated heterocycles. The van der Waals surface area contributed by atoms with Gasteiger partial charge in [0.05, 0.1) is 17.0 Å². The van der Waals surface area contributed by atoms with Crippen LogP contribution in [0.2, 0.25) is 0 Å². The molecule has 0 aliphatic rings. The van der Waals surface area contributed by atoms with Crippen molar-refractivity contribution in [1.29, 1.82) is 0 Å². The number of nitrogens with one attached hydrogen (secondary N) is 1. The number of hydrazone groups is 1. The Bertz CT molecular complexity index is 898. The zero-order valence-electron chi connectivity index (χ0n) is 12.9. The molecule has 0 heterocycles. The number of fused-ring (bicyclic) bond motifs is 1. The fraction of sp³-hybridized carbons (Fsp3) is 0.105. The topological polar surface area (TPSA) is 24.4 Å². The fourth-order valence-electron chi connectivity index (χ4n) is 2.39. The number of hydrogen-bond donors (Lipinski definition) is 1. The molecule has 24 heavy (non-hydrogen) atoms. The predicted octanol–water partition coefficient (Wildman–Crippen LogP) is 5.69. The van der Waals surface area contributed by atoms with Crippen molar-refractivity contribution in [3.63, 3.8) is 0 Å². The number of hydrogen-bond acceptors (Lipinski definition) is 2. The molecule has 2 nitrogen and oxygen atoms in total. The Balaban J connectivity index is 1.83. The zero-order chi connectivity index (χ0) is 17.2. The van der Waals surface area contributed by atoms with Crippen LogP contribution in [0.25, 0.3) is 10.8 Å². The highest BCUT2D eigenvalue weighted by Crippen LogP contribution is 2.30. The van der Waals surface area contributed by atoms with Crippen LogP contribution in [0.5, 0.6) is 0 Å². The smallest absolute Gasteiger partial charge is 0.278 e. The van der Waals surface area contributed by atoms with Gasteiger partial charge in [-0.3, -0.25) is 5.43 Å². The molecule has 3 aromatic carbocycles. The van der Waals surface area contributed by atoms with Crippen LogP contribution in [0.3, 0.4) is 0 Å². The predicted molar refractivity (Wildman–Crippen MR) is 91.2 cm³/mol. The van der Waals surface area contributed by atoms with Crippen LogP contribution in [-0.4, -0.2) is 5.71 Å². The summed E-state index contributed by atoms with van der Waals surface area (Å²) in [6, 6.07) is 18.9. The molecule has 0 aliphatic carbocycles. The van der Waals surface area contributed by atoms with Crippen LogP contribution in [0.1, 0.15) is 18.1 Å². The minimum atomic E-state index is -4.37. The van der Waals surface area contributed by atoms with Crippen molar-refractivity contribution < 1.29 is 13.2 Å². The van der Waals surface area contributed by atoms with Gasteiger partial charge in [-0.25, -0.2) is 0 Å². The van der Waals surface area contributed by atoms with Gasteiger partial charge in [0.1, 0.15) is 0 Å². The lowest BCUT2D eigenvalue weighted by Gasteiger charge is -2.09. The van der Waals surface area contributed by atoms with Crippen LogP contribution in [-0.2, 0) is 6.18 Å². The van der Waals surface area contributed by atoms with Crippen molar-refractivity contribution in [1.82, 2.24) is 0 Å². The standard InChI is InChI=1S/C19H15F3N2/c1-13(15-10-9-14-5-2-3-6-16(14)11-15)23-24-18-8-4-7-17(12-18)19(20,21)22/h2-12,24H,1H3/b23-13+. The van der Waals surface area contributed by atoms with Gasteiger partial charge in [0.25, 0.3) is 0 Å². The lowest BCUT2D eigenvalue weighted by Crippen LogP contribution is -2.05. The van der Waals surface area contributed by atoms with Crippen molar-refractivity contribution >= 4 is 22.2 Å². The molecule has 0 atom stereocenters.